The molecule has 2 amide bonds. The molecule has 2 aliphatic heterocycles. The van der Waals surface area contributed by atoms with Crippen molar-refractivity contribution in [2.45, 2.75) is 19.1 Å². The fraction of sp³-hybridized carbons (Fsp3) is 0.200. The van der Waals surface area contributed by atoms with E-state index in [4.69, 9.17) is 32.8 Å². The van der Waals surface area contributed by atoms with Gasteiger partial charge in [-0.1, -0.05) is 53.5 Å². The van der Waals surface area contributed by atoms with E-state index in [0.717, 1.165) is 0 Å². The molecule has 0 aliphatic carbocycles. The van der Waals surface area contributed by atoms with Gasteiger partial charge in [0.05, 0.1) is 24.0 Å². The van der Waals surface area contributed by atoms with Gasteiger partial charge in [0.1, 0.15) is 11.7 Å². The van der Waals surface area contributed by atoms with Crippen LogP contribution in [0.1, 0.15) is 18.5 Å². The Morgan fingerprint density at radius 2 is 1.67 bits per heavy atom. The normalized spacial score (nSPS) is 22.1. The minimum absolute atomic E-state index is 0.354. The number of hydrogen-bond acceptors (Lipinski definition) is 5. The number of anilines is 2. The van der Waals surface area contributed by atoms with E-state index in [0.29, 0.717) is 39.3 Å². The summed E-state index contributed by atoms with van der Waals surface area (Å²) in [7, 11) is 0. The third kappa shape index (κ3) is 3.74. The highest BCUT2D eigenvalue weighted by Crippen LogP contribution is 2.49. The smallest absolute Gasteiger partial charge is 0.266 e. The summed E-state index contributed by atoms with van der Waals surface area (Å²) in [6.07, 6.45) is -0.981. The highest BCUT2D eigenvalue weighted by atomic mass is 35.5. The summed E-state index contributed by atoms with van der Waals surface area (Å²) in [5.41, 5.74) is 1.82. The second-order valence-electron chi connectivity index (χ2n) is 7.77. The van der Waals surface area contributed by atoms with Crippen LogP contribution in [0.3, 0.4) is 0 Å². The Hall–Kier alpha value is -3.06. The summed E-state index contributed by atoms with van der Waals surface area (Å²) in [6.45, 7) is 2.35. The lowest BCUT2D eigenvalue weighted by atomic mass is 9.90. The highest BCUT2D eigenvalue weighted by molar-refractivity contribution is 6.35. The monoisotopic (exact) mass is 482 g/mol. The van der Waals surface area contributed by atoms with Crippen molar-refractivity contribution in [1.29, 1.82) is 0 Å². The molecule has 6 nitrogen and oxygen atoms in total. The SMILES string of the molecule is CCOc1cccc(N2C(=O)[C@H]3[C@@H](c4ccc(Cl)cc4Cl)N(c4ccccc4)O[C@H]3C2=O)c1. The third-order valence-corrected chi connectivity index (χ3v) is 6.36. The van der Waals surface area contributed by atoms with Crippen molar-refractivity contribution in [3.8, 4) is 5.75 Å². The lowest BCUT2D eigenvalue weighted by Crippen LogP contribution is -2.37. The molecule has 0 N–H and O–H groups in total. The first-order valence-electron chi connectivity index (χ1n) is 10.6. The van der Waals surface area contributed by atoms with Crippen LogP contribution in [0.5, 0.6) is 5.75 Å². The number of para-hydroxylation sites is 1. The molecule has 5 rings (SSSR count). The number of benzene rings is 3. The van der Waals surface area contributed by atoms with Gasteiger partial charge < -0.3 is 4.74 Å². The highest BCUT2D eigenvalue weighted by Gasteiger charge is 2.60. The zero-order valence-electron chi connectivity index (χ0n) is 17.7. The Labute approximate surface area is 201 Å². The molecule has 0 radical (unpaired) electrons. The lowest BCUT2D eigenvalue weighted by molar-refractivity contribution is -0.126. The van der Waals surface area contributed by atoms with Crippen molar-refractivity contribution in [2.75, 3.05) is 16.6 Å². The van der Waals surface area contributed by atoms with Crippen LogP contribution in [0.15, 0.2) is 72.8 Å². The number of imide groups is 1. The van der Waals surface area contributed by atoms with Crippen LogP contribution in [0, 0.1) is 5.92 Å². The van der Waals surface area contributed by atoms with E-state index in [9.17, 15) is 9.59 Å². The van der Waals surface area contributed by atoms with E-state index in [-0.39, 0.29) is 5.91 Å². The Morgan fingerprint density at radius 3 is 2.39 bits per heavy atom. The summed E-state index contributed by atoms with van der Waals surface area (Å²) in [5.74, 6) is -0.982. The van der Waals surface area contributed by atoms with Crippen LogP contribution in [0.25, 0.3) is 0 Å². The average molecular weight is 483 g/mol. The molecule has 2 heterocycles. The summed E-state index contributed by atoms with van der Waals surface area (Å²) in [6, 6.07) is 20.7. The maximum Gasteiger partial charge on any atom is 0.266 e. The topological polar surface area (TPSA) is 59.1 Å². The van der Waals surface area contributed by atoms with Crippen LogP contribution >= 0.6 is 23.2 Å². The van der Waals surface area contributed by atoms with E-state index in [1.807, 2.05) is 37.3 Å². The molecule has 33 heavy (non-hydrogen) atoms. The van der Waals surface area contributed by atoms with E-state index in [1.54, 1.807) is 47.5 Å². The predicted molar refractivity (Wildman–Crippen MR) is 127 cm³/mol. The second kappa shape index (κ2) is 8.71. The molecule has 3 aromatic rings. The van der Waals surface area contributed by atoms with Crippen molar-refractivity contribution < 1.29 is 19.2 Å². The summed E-state index contributed by atoms with van der Waals surface area (Å²) in [4.78, 5) is 34.4. The number of carbonyl (C=O) groups excluding carboxylic acids is 2. The van der Waals surface area contributed by atoms with Crippen LogP contribution in [0.4, 0.5) is 11.4 Å². The molecular weight excluding hydrogens is 463 g/mol. The van der Waals surface area contributed by atoms with Crippen molar-refractivity contribution in [1.82, 2.24) is 0 Å². The van der Waals surface area contributed by atoms with Crippen LogP contribution in [0.2, 0.25) is 10.0 Å². The molecular formula is C25H20Cl2N2O4. The van der Waals surface area contributed by atoms with Gasteiger partial charge in [-0.05, 0) is 48.9 Å². The first kappa shape index (κ1) is 21.8. The molecule has 0 aromatic heterocycles. The summed E-state index contributed by atoms with van der Waals surface area (Å²) >= 11 is 12.7. The van der Waals surface area contributed by atoms with Gasteiger partial charge in [0.2, 0.25) is 5.91 Å². The minimum Gasteiger partial charge on any atom is -0.494 e. The zero-order valence-corrected chi connectivity index (χ0v) is 19.2. The van der Waals surface area contributed by atoms with Crippen LogP contribution < -0.4 is 14.7 Å². The number of carbonyl (C=O) groups is 2. The zero-order chi connectivity index (χ0) is 23.1. The molecule has 8 heteroatoms. The van der Waals surface area contributed by atoms with Gasteiger partial charge in [0, 0.05) is 16.1 Å². The van der Waals surface area contributed by atoms with E-state index >= 15 is 0 Å². The number of fused-ring (bicyclic) bond motifs is 1. The van der Waals surface area contributed by atoms with Crippen LogP contribution in [-0.4, -0.2) is 24.5 Å². The van der Waals surface area contributed by atoms with E-state index in [2.05, 4.69) is 0 Å². The Kier molecular flexibility index (Phi) is 5.74. The molecule has 2 aliphatic rings. The molecule has 2 fully saturated rings. The van der Waals surface area contributed by atoms with Crippen molar-refractivity contribution in [2.24, 2.45) is 5.92 Å². The van der Waals surface area contributed by atoms with Gasteiger partial charge in [0.25, 0.3) is 5.91 Å². The number of halogens is 2. The molecule has 2 saturated heterocycles. The fourth-order valence-electron chi connectivity index (χ4n) is 4.40. The van der Waals surface area contributed by atoms with Gasteiger partial charge in [-0.15, -0.1) is 0 Å². The van der Waals surface area contributed by atoms with Crippen molar-refractivity contribution in [3.05, 3.63) is 88.4 Å². The number of rotatable bonds is 5. The average Bonchev–Trinajstić information content (AvgIpc) is 3.31. The van der Waals surface area contributed by atoms with Gasteiger partial charge in [-0.3, -0.25) is 14.4 Å². The Balaban J connectivity index is 1.58. The fourth-order valence-corrected chi connectivity index (χ4v) is 4.92. The standard InChI is InChI=1S/C25H20Cl2N2O4/c1-2-32-18-10-6-9-17(14-18)28-24(30)21-22(19-12-11-15(26)13-20(19)27)29(33-23(21)25(28)31)16-7-4-3-5-8-16/h3-14,21-23H,2H2,1H3/t21-,22+,23+/m0/s1. The van der Waals surface area contributed by atoms with Crippen LogP contribution in [-0.2, 0) is 14.4 Å². The molecule has 168 valence electrons. The molecule has 0 unspecified atom stereocenters. The maximum absolute atomic E-state index is 13.7. The third-order valence-electron chi connectivity index (χ3n) is 5.79. The van der Waals surface area contributed by atoms with Gasteiger partial charge in [-0.2, -0.15) is 0 Å². The number of ether oxygens (including phenoxy) is 1. The first-order chi connectivity index (χ1) is 16.0. The van der Waals surface area contributed by atoms with E-state index in [1.165, 1.54) is 4.90 Å². The predicted octanol–water partition coefficient (Wildman–Crippen LogP) is 5.44. The molecule has 3 aromatic carbocycles. The first-order valence-corrected chi connectivity index (χ1v) is 11.3. The van der Waals surface area contributed by atoms with Gasteiger partial charge in [-0.25, -0.2) is 9.96 Å². The Bertz CT molecular complexity index is 1220. The maximum atomic E-state index is 13.7. The summed E-state index contributed by atoms with van der Waals surface area (Å²) < 4.78 is 5.54. The molecule has 0 bridgehead atoms. The Morgan fingerprint density at radius 1 is 0.909 bits per heavy atom. The van der Waals surface area contributed by atoms with Gasteiger partial charge >= 0.3 is 0 Å². The van der Waals surface area contributed by atoms with Crippen molar-refractivity contribution in [3.63, 3.8) is 0 Å². The number of hydroxylamine groups is 1. The second-order valence-corrected chi connectivity index (χ2v) is 8.61. The largest absolute Gasteiger partial charge is 0.494 e. The quantitative estimate of drug-likeness (QED) is 0.453. The minimum atomic E-state index is -0.981. The van der Waals surface area contributed by atoms with E-state index < -0.39 is 24.0 Å². The molecule has 3 atom stereocenters. The van der Waals surface area contributed by atoms with Crippen molar-refractivity contribution >= 4 is 46.4 Å². The molecule has 0 saturated carbocycles. The van der Waals surface area contributed by atoms with Gasteiger partial charge in [0.15, 0.2) is 6.10 Å². The number of amides is 2. The number of nitrogens with zero attached hydrogens (tertiary/aromatic N) is 2. The molecule has 0 spiro atoms. The lowest BCUT2D eigenvalue weighted by Gasteiger charge is -2.29. The summed E-state index contributed by atoms with van der Waals surface area (Å²) in [5, 5.41) is 2.48. The number of hydrogen-bond donors (Lipinski definition) is 0.